The molecule has 0 spiro atoms. The number of amides is 2. The number of benzene rings is 2. The molecule has 0 saturated carbocycles. The molecular weight excluding hydrogens is 496 g/mol. The molecule has 2 amide bonds. The number of fused-ring (bicyclic) bond motifs is 1. The van der Waals surface area contributed by atoms with E-state index in [0.717, 1.165) is 40.7 Å². The molecule has 2 aromatic heterocycles. The van der Waals surface area contributed by atoms with Gasteiger partial charge in [0.05, 0.1) is 22.5 Å². The first-order valence-corrected chi connectivity index (χ1v) is 13.5. The minimum absolute atomic E-state index is 0.315. The third kappa shape index (κ3) is 7.40. The van der Waals surface area contributed by atoms with Gasteiger partial charge in [-0.3, -0.25) is 15.1 Å². The Labute approximate surface area is 227 Å². The van der Waals surface area contributed by atoms with Gasteiger partial charge in [-0.1, -0.05) is 24.3 Å². The van der Waals surface area contributed by atoms with E-state index in [9.17, 15) is 9.59 Å². The molecule has 0 radical (unpaired) electrons. The van der Waals surface area contributed by atoms with Gasteiger partial charge in [0.1, 0.15) is 5.60 Å². The Kier molecular flexibility index (Phi) is 8.44. The first kappa shape index (κ1) is 27.3. The highest BCUT2D eigenvalue weighted by Gasteiger charge is 2.19. The topological polar surface area (TPSA) is 83.6 Å². The molecule has 0 atom stereocenters. The zero-order valence-electron chi connectivity index (χ0n) is 22.5. The van der Waals surface area contributed by atoms with Crippen LogP contribution in [-0.4, -0.2) is 48.1 Å². The van der Waals surface area contributed by atoms with Crippen LogP contribution >= 0.6 is 11.3 Å². The summed E-state index contributed by atoms with van der Waals surface area (Å²) in [4.78, 5) is 33.6. The molecule has 0 aliphatic heterocycles. The van der Waals surface area contributed by atoms with Crippen LogP contribution in [0.5, 0.6) is 0 Å². The van der Waals surface area contributed by atoms with Gasteiger partial charge in [-0.25, -0.2) is 4.79 Å². The standard InChI is InChI=1S/C30H34N4O3S/c1-30(2,3)37-29(36)33-24-13-12-22(27-9-7-15-38-27)18-26(24)32-28(35)23-17-21-11-10-20(8-6-14-34(4)5)16-25(21)31-19-23/h7,9-13,15-19H,6,8,14H2,1-5H3,(H,32,35)(H,33,36). The van der Waals surface area contributed by atoms with Crippen LogP contribution in [0.15, 0.2) is 66.2 Å². The fourth-order valence-electron chi connectivity index (χ4n) is 4.01. The number of nitrogens with one attached hydrogen (secondary N) is 2. The summed E-state index contributed by atoms with van der Waals surface area (Å²) in [7, 11) is 4.15. The van der Waals surface area contributed by atoms with Gasteiger partial charge in [0.25, 0.3) is 5.91 Å². The van der Waals surface area contributed by atoms with E-state index in [-0.39, 0.29) is 5.91 Å². The highest BCUT2D eigenvalue weighted by Crippen LogP contribution is 2.32. The van der Waals surface area contributed by atoms with Crippen molar-refractivity contribution in [2.24, 2.45) is 0 Å². The fraction of sp³-hybridized carbons (Fsp3) is 0.300. The van der Waals surface area contributed by atoms with Gasteiger partial charge >= 0.3 is 6.09 Å². The number of ether oxygens (including phenoxy) is 1. The molecule has 0 aliphatic carbocycles. The van der Waals surface area contributed by atoms with Crippen molar-refractivity contribution >= 4 is 45.6 Å². The minimum atomic E-state index is -0.645. The zero-order chi connectivity index (χ0) is 27.3. The normalized spacial score (nSPS) is 11.5. The number of carbonyl (C=O) groups excluding carboxylic acids is 2. The van der Waals surface area contributed by atoms with Crippen LogP contribution in [0.3, 0.4) is 0 Å². The van der Waals surface area contributed by atoms with Crippen molar-refractivity contribution < 1.29 is 14.3 Å². The molecule has 2 heterocycles. The number of hydrogen-bond acceptors (Lipinski definition) is 6. The molecule has 0 aliphatic rings. The number of nitrogens with zero attached hydrogens (tertiary/aromatic N) is 2. The number of aromatic nitrogens is 1. The van der Waals surface area contributed by atoms with E-state index in [4.69, 9.17) is 4.74 Å². The molecule has 2 aromatic carbocycles. The third-order valence-corrected chi connectivity index (χ3v) is 6.71. The summed E-state index contributed by atoms with van der Waals surface area (Å²) in [6.07, 6.45) is 3.05. The number of thiophene rings is 1. The Morgan fingerprint density at radius 1 is 1.00 bits per heavy atom. The Morgan fingerprint density at radius 3 is 2.53 bits per heavy atom. The highest BCUT2D eigenvalue weighted by atomic mass is 32.1. The monoisotopic (exact) mass is 530 g/mol. The maximum absolute atomic E-state index is 13.3. The average molecular weight is 531 g/mol. The number of hydrogen-bond donors (Lipinski definition) is 2. The number of anilines is 2. The SMILES string of the molecule is CN(C)CCCc1ccc2cc(C(=O)Nc3cc(-c4cccs4)ccc3NC(=O)OC(C)(C)C)cnc2c1. The second kappa shape index (κ2) is 11.8. The van der Waals surface area contributed by atoms with Gasteiger partial charge in [0, 0.05) is 16.5 Å². The Balaban J connectivity index is 1.56. The van der Waals surface area contributed by atoms with E-state index in [1.165, 1.54) is 5.56 Å². The van der Waals surface area contributed by atoms with Gasteiger partial charge in [-0.2, -0.15) is 0 Å². The molecule has 4 rings (SSSR count). The van der Waals surface area contributed by atoms with E-state index >= 15 is 0 Å². The number of carbonyl (C=O) groups is 2. The van der Waals surface area contributed by atoms with Crippen molar-refractivity contribution in [1.82, 2.24) is 9.88 Å². The van der Waals surface area contributed by atoms with Gasteiger partial charge in [-0.05, 0) is 101 Å². The van der Waals surface area contributed by atoms with E-state index in [0.29, 0.717) is 16.9 Å². The highest BCUT2D eigenvalue weighted by molar-refractivity contribution is 7.13. The summed E-state index contributed by atoms with van der Waals surface area (Å²) in [6, 6.07) is 17.5. The van der Waals surface area contributed by atoms with Gasteiger partial charge in [0.15, 0.2) is 0 Å². The lowest BCUT2D eigenvalue weighted by Crippen LogP contribution is -2.27. The maximum Gasteiger partial charge on any atom is 0.412 e. The molecule has 38 heavy (non-hydrogen) atoms. The van der Waals surface area contributed by atoms with Crippen molar-refractivity contribution in [2.45, 2.75) is 39.2 Å². The first-order valence-electron chi connectivity index (χ1n) is 12.6. The Hall–Kier alpha value is -3.75. The lowest BCUT2D eigenvalue weighted by molar-refractivity contribution is 0.0635. The van der Waals surface area contributed by atoms with Gasteiger partial charge in [0.2, 0.25) is 0 Å². The van der Waals surface area contributed by atoms with Crippen LogP contribution in [0.2, 0.25) is 0 Å². The van der Waals surface area contributed by atoms with Crippen LogP contribution in [0, 0.1) is 0 Å². The summed E-state index contributed by atoms with van der Waals surface area (Å²) >= 11 is 1.60. The summed E-state index contributed by atoms with van der Waals surface area (Å²) in [5.74, 6) is -0.315. The summed E-state index contributed by atoms with van der Waals surface area (Å²) in [5.41, 5.74) is 3.73. The van der Waals surface area contributed by atoms with Crippen molar-refractivity contribution in [3.05, 3.63) is 77.3 Å². The first-order chi connectivity index (χ1) is 18.1. The number of aryl methyl sites for hydroxylation is 1. The van der Waals surface area contributed by atoms with Crippen LogP contribution in [0.4, 0.5) is 16.2 Å². The zero-order valence-corrected chi connectivity index (χ0v) is 23.3. The van der Waals surface area contributed by atoms with Crippen molar-refractivity contribution in [2.75, 3.05) is 31.3 Å². The lowest BCUT2D eigenvalue weighted by Gasteiger charge is -2.21. The van der Waals surface area contributed by atoms with Crippen LogP contribution < -0.4 is 10.6 Å². The predicted molar refractivity (Wildman–Crippen MR) is 156 cm³/mol. The van der Waals surface area contributed by atoms with E-state index in [2.05, 4.69) is 46.7 Å². The maximum atomic E-state index is 13.3. The summed E-state index contributed by atoms with van der Waals surface area (Å²) in [5, 5.41) is 8.62. The van der Waals surface area contributed by atoms with Gasteiger partial charge < -0.3 is 15.0 Å². The van der Waals surface area contributed by atoms with E-state index in [1.807, 2.05) is 41.8 Å². The van der Waals surface area contributed by atoms with Crippen LogP contribution in [0.25, 0.3) is 21.3 Å². The van der Waals surface area contributed by atoms with Crippen LogP contribution in [0.1, 0.15) is 43.1 Å². The predicted octanol–water partition coefficient (Wildman–Crippen LogP) is 7.06. The Morgan fingerprint density at radius 2 is 1.82 bits per heavy atom. The molecule has 7 nitrogen and oxygen atoms in total. The molecule has 0 bridgehead atoms. The van der Waals surface area contributed by atoms with Crippen molar-refractivity contribution in [1.29, 1.82) is 0 Å². The second-order valence-electron chi connectivity index (χ2n) is 10.5. The Bertz CT molecular complexity index is 1430. The molecule has 0 unspecified atom stereocenters. The molecule has 8 heteroatoms. The van der Waals surface area contributed by atoms with E-state index in [1.54, 1.807) is 44.4 Å². The van der Waals surface area contributed by atoms with E-state index < -0.39 is 11.7 Å². The summed E-state index contributed by atoms with van der Waals surface area (Å²) < 4.78 is 5.41. The van der Waals surface area contributed by atoms with Crippen molar-refractivity contribution in [3.63, 3.8) is 0 Å². The summed E-state index contributed by atoms with van der Waals surface area (Å²) in [6.45, 7) is 6.43. The molecule has 4 aromatic rings. The largest absolute Gasteiger partial charge is 0.444 e. The van der Waals surface area contributed by atoms with Crippen molar-refractivity contribution in [3.8, 4) is 10.4 Å². The number of rotatable bonds is 8. The van der Waals surface area contributed by atoms with Crippen LogP contribution in [-0.2, 0) is 11.2 Å². The smallest absolute Gasteiger partial charge is 0.412 e. The number of pyridine rings is 1. The van der Waals surface area contributed by atoms with Gasteiger partial charge in [-0.15, -0.1) is 11.3 Å². The third-order valence-electron chi connectivity index (χ3n) is 5.79. The molecule has 0 saturated heterocycles. The second-order valence-corrected chi connectivity index (χ2v) is 11.4. The molecule has 198 valence electrons. The molecule has 2 N–H and O–H groups in total. The average Bonchev–Trinajstić information content (AvgIpc) is 3.38. The quantitative estimate of drug-likeness (QED) is 0.255. The molecular formula is C30H34N4O3S. The molecule has 0 fully saturated rings. The fourth-order valence-corrected chi connectivity index (χ4v) is 4.73. The minimum Gasteiger partial charge on any atom is -0.444 e. The lowest BCUT2D eigenvalue weighted by atomic mass is 10.1.